The third-order valence-corrected chi connectivity index (χ3v) is 16.9. The molecular weight excluding hydrogens is 895 g/mol. The molecule has 0 aliphatic carbocycles. The van der Waals surface area contributed by atoms with Gasteiger partial charge >= 0.3 is 0 Å². The molecule has 0 spiro atoms. The molecule has 3 heterocycles. The van der Waals surface area contributed by atoms with Crippen molar-refractivity contribution in [3.8, 4) is 22.3 Å². The number of anilines is 9. The summed E-state index contributed by atoms with van der Waals surface area (Å²) in [5.74, 6) is 0. The molecule has 11 aromatic carbocycles. The first-order chi connectivity index (χ1) is 35.9. The second-order valence-corrected chi connectivity index (χ2v) is 22.3. The van der Waals surface area contributed by atoms with Gasteiger partial charge in [-0.3, -0.25) is 0 Å². The Labute approximate surface area is 435 Å². The molecule has 0 fully saturated rings. The van der Waals surface area contributed by atoms with Crippen LogP contribution in [-0.4, -0.2) is 0 Å². The number of benzene rings is 11. The highest BCUT2D eigenvalue weighted by atomic mass is 15.2. The van der Waals surface area contributed by atoms with Gasteiger partial charge in [0.15, 0.2) is 0 Å². The van der Waals surface area contributed by atoms with Gasteiger partial charge in [-0.25, -0.2) is 0 Å². The second-order valence-electron chi connectivity index (χ2n) is 22.3. The van der Waals surface area contributed by atoms with E-state index in [2.05, 4.69) is 293 Å². The Morgan fingerprint density at radius 2 is 0.541 bits per heavy atom. The molecule has 0 saturated heterocycles. The predicted molar refractivity (Wildman–Crippen MR) is 313 cm³/mol. The smallest absolute Gasteiger partial charge is 0.0544 e. The van der Waals surface area contributed by atoms with Crippen LogP contribution in [0.4, 0.5) is 51.2 Å². The molecule has 3 aliphatic heterocycles. The van der Waals surface area contributed by atoms with Crippen LogP contribution in [0.5, 0.6) is 0 Å². The number of hydrogen-bond donors (Lipinski definition) is 0. The standard InChI is InChI=1S/C71H57N3/c1-69(2)60-28-19-29-61-66(60)74-67-62(69)42-52(48-30-32-50-40-58(36-34-46(50)38-48)72(54-20-11-7-12-21-54)55-22-13-8-14-23-55)44-64(67)71(5,6)65-45-53(43-63(68(65)74)70(61,3)4)49-31-33-51-41-59(37-35-47(51)39-49)73(56-24-15-9-16-25-56)57-26-17-10-18-27-57/h7-45H,1-6H3. The average Bonchev–Trinajstić information content (AvgIpc) is 3.43. The van der Waals surface area contributed by atoms with Gasteiger partial charge in [-0.1, -0.05) is 169 Å². The predicted octanol–water partition coefficient (Wildman–Crippen LogP) is 19.7. The number of rotatable bonds is 8. The van der Waals surface area contributed by atoms with Crippen LogP contribution in [-0.2, 0) is 16.2 Å². The normalized spacial score (nSPS) is 14.9. The van der Waals surface area contributed by atoms with Crippen molar-refractivity contribution in [3.05, 3.63) is 270 Å². The van der Waals surface area contributed by atoms with Crippen molar-refractivity contribution in [1.29, 1.82) is 0 Å². The molecule has 3 nitrogen and oxygen atoms in total. The van der Waals surface area contributed by atoms with Gasteiger partial charge in [0.2, 0.25) is 0 Å². The molecule has 14 rings (SSSR count). The van der Waals surface area contributed by atoms with E-state index < -0.39 is 0 Å². The fourth-order valence-corrected chi connectivity index (χ4v) is 12.9. The minimum absolute atomic E-state index is 0.239. The molecular formula is C71H57N3. The maximum Gasteiger partial charge on any atom is 0.0544 e. The molecule has 0 atom stereocenters. The topological polar surface area (TPSA) is 9.72 Å². The molecule has 0 bridgehead atoms. The molecule has 3 heteroatoms. The number of hydrogen-bond acceptors (Lipinski definition) is 3. The van der Waals surface area contributed by atoms with Crippen molar-refractivity contribution in [2.75, 3.05) is 14.7 Å². The Bertz CT molecular complexity index is 3700. The van der Waals surface area contributed by atoms with Crippen LogP contribution >= 0.6 is 0 Å². The van der Waals surface area contributed by atoms with Crippen molar-refractivity contribution >= 4 is 72.7 Å². The van der Waals surface area contributed by atoms with Crippen LogP contribution in [0.3, 0.4) is 0 Å². The highest BCUT2D eigenvalue weighted by Crippen LogP contribution is 2.67. The van der Waals surface area contributed by atoms with Crippen molar-refractivity contribution in [1.82, 2.24) is 0 Å². The molecule has 0 radical (unpaired) electrons. The summed E-state index contributed by atoms with van der Waals surface area (Å²) < 4.78 is 0. The number of nitrogens with zero attached hydrogens (tertiary/aromatic N) is 3. The minimum atomic E-state index is -0.319. The zero-order chi connectivity index (χ0) is 50.1. The third kappa shape index (κ3) is 6.59. The van der Waals surface area contributed by atoms with E-state index in [9.17, 15) is 0 Å². The Hall–Kier alpha value is -8.66. The van der Waals surface area contributed by atoms with Gasteiger partial charge in [-0.05, 0) is 186 Å². The van der Waals surface area contributed by atoms with Gasteiger partial charge in [0, 0.05) is 50.4 Å². The van der Waals surface area contributed by atoms with Crippen LogP contribution < -0.4 is 14.7 Å². The summed E-state index contributed by atoms with van der Waals surface area (Å²) >= 11 is 0. The fraction of sp³-hybridized carbons (Fsp3) is 0.127. The molecule has 0 unspecified atom stereocenters. The SMILES string of the molecule is CC1(C)c2cccc3c2N2c4c1cc(-c1ccc5cc(N(c6ccccc6)c6ccccc6)ccc5c1)cc4C(C)(C)c1cc(-c4ccc5cc(N(c6ccccc6)c6ccccc6)ccc5c4)cc(c12)C3(C)C. The lowest BCUT2D eigenvalue weighted by atomic mass is 9.60. The quantitative estimate of drug-likeness (QED) is 0.150. The van der Waals surface area contributed by atoms with E-state index in [0.29, 0.717) is 0 Å². The Morgan fingerprint density at radius 1 is 0.243 bits per heavy atom. The Kier molecular flexibility index (Phi) is 9.63. The summed E-state index contributed by atoms with van der Waals surface area (Å²) in [5.41, 5.74) is 23.3. The van der Waals surface area contributed by atoms with E-state index in [1.165, 1.54) is 94.2 Å². The summed E-state index contributed by atoms with van der Waals surface area (Å²) in [6, 6.07) is 87.8. The monoisotopic (exact) mass is 951 g/mol. The zero-order valence-electron chi connectivity index (χ0n) is 42.9. The lowest BCUT2D eigenvalue weighted by Gasteiger charge is -2.55. The molecule has 0 aromatic heterocycles. The highest BCUT2D eigenvalue weighted by Gasteiger charge is 2.52. The van der Waals surface area contributed by atoms with E-state index in [0.717, 1.165) is 34.1 Å². The van der Waals surface area contributed by atoms with Crippen LogP contribution in [0, 0.1) is 0 Å². The van der Waals surface area contributed by atoms with Crippen LogP contribution in [0.1, 0.15) is 74.9 Å². The summed E-state index contributed by atoms with van der Waals surface area (Å²) in [5, 5.41) is 4.87. The van der Waals surface area contributed by atoms with Crippen molar-refractivity contribution in [3.63, 3.8) is 0 Å². The fourth-order valence-electron chi connectivity index (χ4n) is 12.9. The molecule has 356 valence electrons. The van der Waals surface area contributed by atoms with Gasteiger partial charge in [-0.15, -0.1) is 0 Å². The number of fused-ring (bicyclic) bond motifs is 2. The van der Waals surface area contributed by atoms with Crippen molar-refractivity contribution < 1.29 is 0 Å². The summed E-state index contributed by atoms with van der Waals surface area (Å²) in [7, 11) is 0. The van der Waals surface area contributed by atoms with Crippen LogP contribution in [0.15, 0.2) is 237 Å². The largest absolute Gasteiger partial charge is 0.310 e. The van der Waals surface area contributed by atoms with Crippen LogP contribution in [0.2, 0.25) is 0 Å². The van der Waals surface area contributed by atoms with Crippen molar-refractivity contribution in [2.24, 2.45) is 0 Å². The van der Waals surface area contributed by atoms with E-state index >= 15 is 0 Å². The first-order valence-electron chi connectivity index (χ1n) is 26.2. The third-order valence-electron chi connectivity index (χ3n) is 16.9. The zero-order valence-corrected chi connectivity index (χ0v) is 42.9. The first kappa shape index (κ1) is 44.1. The molecule has 0 amide bonds. The van der Waals surface area contributed by atoms with Crippen molar-refractivity contribution in [2.45, 2.75) is 57.8 Å². The van der Waals surface area contributed by atoms with Crippen LogP contribution in [0.25, 0.3) is 43.8 Å². The number of para-hydroxylation sites is 5. The van der Waals surface area contributed by atoms with E-state index in [1.54, 1.807) is 0 Å². The molecule has 11 aromatic rings. The minimum Gasteiger partial charge on any atom is -0.310 e. The lowest BCUT2D eigenvalue weighted by Crippen LogP contribution is -2.43. The maximum atomic E-state index is 2.69. The van der Waals surface area contributed by atoms with Gasteiger partial charge in [0.25, 0.3) is 0 Å². The first-order valence-corrected chi connectivity index (χ1v) is 26.2. The Balaban J connectivity index is 0.901. The second kappa shape index (κ2) is 16.2. The molecule has 0 N–H and O–H groups in total. The molecule has 0 saturated carbocycles. The lowest BCUT2D eigenvalue weighted by molar-refractivity contribution is 0.567. The average molecular weight is 952 g/mol. The van der Waals surface area contributed by atoms with Gasteiger partial charge in [0.05, 0.1) is 17.1 Å². The van der Waals surface area contributed by atoms with E-state index in [4.69, 9.17) is 0 Å². The summed E-state index contributed by atoms with van der Waals surface area (Å²) in [6.45, 7) is 14.7. The summed E-state index contributed by atoms with van der Waals surface area (Å²) in [6.07, 6.45) is 0. The Morgan fingerprint density at radius 3 is 0.892 bits per heavy atom. The van der Waals surface area contributed by atoms with Gasteiger partial charge < -0.3 is 14.7 Å². The van der Waals surface area contributed by atoms with E-state index in [-0.39, 0.29) is 16.2 Å². The van der Waals surface area contributed by atoms with Gasteiger partial charge in [-0.2, -0.15) is 0 Å². The maximum absolute atomic E-state index is 2.69. The van der Waals surface area contributed by atoms with E-state index in [1.807, 2.05) is 0 Å². The molecule has 3 aliphatic rings. The molecule has 74 heavy (non-hydrogen) atoms. The summed E-state index contributed by atoms with van der Waals surface area (Å²) in [4.78, 5) is 7.37. The highest BCUT2D eigenvalue weighted by molar-refractivity contribution is 6.01. The van der Waals surface area contributed by atoms with Gasteiger partial charge in [0.1, 0.15) is 0 Å².